The average molecular weight is 313 g/mol. The Labute approximate surface area is 136 Å². The van der Waals surface area contributed by atoms with Crippen molar-refractivity contribution in [3.63, 3.8) is 0 Å². The first-order chi connectivity index (χ1) is 10.2. The van der Waals surface area contributed by atoms with E-state index in [9.17, 15) is 0 Å². The largest absolute Gasteiger partial charge is 0.316 e. The lowest BCUT2D eigenvalue weighted by Gasteiger charge is -2.38. The van der Waals surface area contributed by atoms with Gasteiger partial charge in [0.05, 0.1) is 0 Å². The van der Waals surface area contributed by atoms with Gasteiger partial charge in [-0.3, -0.25) is 0 Å². The lowest BCUT2D eigenvalue weighted by Crippen LogP contribution is -2.45. The Balaban J connectivity index is 1.92. The molecule has 1 saturated heterocycles. The molecule has 1 heterocycles. The highest BCUT2D eigenvalue weighted by molar-refractivity contribution is 7.99. The zero-order chi connectivity index (χ0) is 15.0. The summed E-state index contributed by atoms with van der Waals surface area (Å²) in [4.78, 5) is 2.78. The van der Waals surface area contributed by atoms with Crippen molar-refractivity contribution in [2.24, 2.45) is 11.3 Å². The summed E-state index contributed by atoms with van der Waals surface area (Å²) >= 11 is 2.15. The number of nitrogens with one attached hydrogen (secondary N) is 1. The molecule has 0 aromatic carbocycles. The maximum atomic E-state index is 3.80. The van der Waals surface area contributed by atoms with Gasteiger partial charge in [-0.1, -0.05) is 39.5 Å². The molecule has 0 bridgehead atoms. The van der Waals surface area contributed by atoms with Gasteiger partial charge in [-0.05, 0) is 49.4 Å². The highest BCUT2D eigenvalue weighted by Crippen LogP contribution is 2.36. The van der Waals surface area contributed by atoms with Crippen LogP contribution >= 0.6 is 11.8 Å². The molecule has 1 saturated carbocycles. The van der Waals surface area contributed by atoms with E-state index in [1.165, 1.54) is 89.2 Å². The molecule has 0 atom stereocenters. The first kappa shape index (κ1) is 17.6. The SMILES string of the molecule is CC(C)CNCC1(CN2CCCSCC2)CCCCCC1. The van der Waals surface area contributed by atoms with E-state index < -0.39 is 0 Å². The number of rotatable bonds is 6. The Kier molecular flexibility index (Phi) is 7.90. The van der Waals surface area contributed by atoms with Crippen molar-refractivity contribution in [2.45, 2.75) is 58.8 Å². The third-order valence-electron chi connectivity index (χ3n) is 5.09. The normalized spacial score (nSPS) is 24.7. The van der Waals surface area contributed by atoms with E-state index in [4.69, 9.17) is 0 Å². The molecular weight excluding hydrogens is 276 g/mol. The maximum absolute atomic E-state index is 3.80. The molecule has 2 aliphatic rings. The van der Waals surface area contributed by atoms with E-state index in [-0.39, 0.29) is 0 Å². The monoisotopic (exact) mass is 312 g/mol. The molecule has 0 aromatic rings. The Morgan fingerprint density at radius 2 is 1.76 bits per heavy atom. The van der Waals surface area contributed by atoms with Crippen molar-refractivity contribution < 1.29 is 0 Å². The van der Waals surface area contributed by atoms with Gasteiger partial charge in [0.25, 0.3) is 0 Å². The first-order valence-corrected chi connectivity index (χ1v) is 10.4. The van der Waals surface area contributed by atoms with Gasteiger partial charge in [0, 0.05) is 25.4 Å². The van der Waals surface area contributed by atoms with E-state index in [2.05, 4.69) is 35.8 Å². The standard InChI is InChI=1S/C18H36N2S/c1-17(2)14-19-15-18(8-5-3-4-6-9-18)16-20-10-7-12-21-13-11-20/h17,19H,3-16H2,1-2H3. The molecule has 21 heavy (non-hydrogen) atoms. The minimum atomic E-state index is 0.556. The van der Waals surface area contributed by atoms with Gasteiger partial charge in [0.1, 0.15) is 0 Å². The molecule has 1 aliphatic heterocycles. The zero-order valence-corrected chi connectivity index (χ0v) is 15.1. The van der Waals surface area contributed by atoms with Crippen molar-refractivity contribution in [3.8, 4) is 0 Å². The zero-order valence-electron chi connectivity index (χ0n) is 14.3. The molecule has 0 unspecified atom stereocenters. The summed E-state index contributed by atoms with van der Waals surface area (Å²) in [7, 11) is 0. The highest BCUT2D eigenvalue weighted by atomic mass is 32.2. The van der Waals surface area contributed by atoms with Crippen LogP contribution in [0, 0.1) is 11.3 Å². The van der Waals surface area contributed by atoms with Crippen molar-refractivity contribution in [2.75, 3.05) is 44.2 Å². The minimum Gasteiger partial charge on any atom is -0.316 e. The fourth-order valence-corrected chi connectivity index (χ4v) is 4.85. The van der Waals surface area contributed by atoms with Crippen LogP contribution in [-0.4, -0.2) is 49.1 Å². The molecule has 0 aromatic heterocycles. The number of hydrogen-bond donors (Lipinski definition) is 1. The number of hydrogen-bond acceptors (Lipinski definition) is 3. The van der Waals surface area contributed by atoms with E-state index in [0.717, 1.165) is 5.92 Å². The van der Waals surface area contributed by atoms with Gasteiger partial charge in [0.15, 0.2) is 0 Å². The summed E-state index contributed by atoms with van der Waals surface area (Å²) in [5.74, 6) is 3.48. The van der Waals surface area contributed by atoms with Crippen molar-refractivity contribution >= 4 is 11.8 Å². The third kappa shape index (κ3) is 6.50. The Morgan fingerprint density at radius 1 is 1.00 bits per heavy atom. The van der Waals surface area contributed by atoms with Crippen LogP contribution in [0.1, 0.15) is 58.8 Å². The van der Waals surface area contributed by atoms with Crippen molar-refractivity contribution in [1.82, 2.24) is 10.2 Å². The molecule has 2 nitrogen and oxygen atoms in total. The van der Waals surface area contributed by atoms with Crippen LogP contribution in [0.25, 0.3) is 0 Å². The summed E-state index contributed by atoms with van der Waals surface area (Å²) in [5, 5.41) is 3.80. The Morgan fingerprint density at radius 3 is 2.48 bits per heavy atom. The Hall–Kier alpha value is 0.270. The molecule has 2 fully saturated rings. The first-order valence-electron chi connectivity index (χ1n) is 9.21. The van der Waals surface area contributed by atoms with Gasteiger partial charge in [-0.2, -0.15) is 11.8 Å². The predicted octanol–water partition coefficient (Wildman–Crippen LogP) is 4.01. The molecule has 0 radical (unpaired) electrons. The maximum Gasteiger partial charge on any atom is 0.00726 e. The van der Waals surface area contributed by atoms with Crippen LogP contribution in [0.3, 0.4) is 0 Å². The average Bonchev–Trinajstić information content (AvgIpc) is 2.82. The van der Waals surface area contributed by atoms with Gasteiger partial charge in [-0.25, -0.2) is 0 Å². The molecule has 0 amide bonds. The summed E-state index contributed by atoms with van der Waals surface area (Å²) in [6, 6.07) is 0. The summed E-state index contributed by atoms with van der Waals surface area (Å²) in [5.41, 5.74) is 0.556. The smallest absolute Gasteiger partial charge is 0.00726 e. The molecule has 0 spiro atoms. The van der Waals surface area contributed by atoms with Crippen molar-refractivity contribution in [3.05, 3.63) is 0 Å². The molecule has 2 rings (SSSR count). The summed E-state index contributed by atoms with van der Waals surface area (Å²) < 4.78 is 0. The number of nitrogens with zero attached hydrogens (tertiary/aromatic N) is 1. The van der Waals surface area contributed by atoms with Crippen LogP contribution in [0.15, 0.2) is 0 Å². The second-order valence-corrected chi connectivity index (χ2v) is 8.91. The lowest BCUT2D eigenvalue weighted by atomic mass is 9.79. The second kappa shape index (κ2) is 9.42. The van der Waals surface area contributed by atoms with Crippen LogP contribution in [0.2, 0.25) is 0 Å². The van der Waals surface area contributed by atoms with Gasteiger partial charge in [0.2, 0.25) is 0 Å². The highest BCUT2D eigenvalue weighted by Gasteiger charge is 2.32. The van der Waals surface area contributed by atoms with Crippen LogP contribution < -0.4 is 5.32 Å². The fraction of sp³-hybridized carbons (Fsp3) is 1.00. The third-order valence-corrected chi connectivity index (χ3v) is 6.14. The van der Waals surface area contributed by atoms with Gasteiger partial charge >= 0.3 is 0 Å². The number of thioether (sulfide) groups is 1. The van der Waals surface area contributed by atoms with E-state index in [1.807, 2.05) is 0 Å². The van der Waals surface area contributed by atoms with E-state index in [0.29, 0.717) is 5.41 Å². The van der Waals surface area contributed by atoms with Gasteiger partial charge in [-0.15, -0.1) is 0 Å². The molecular formula is C18H36N2S. The summed E-state index contributed by atoms with van der Waals surface area (Å²) in [6.07, 6.45) is 10.1. The predicted molar refractivity (Wildman–Crippen MR) is 96.2 cm³/mol. The molecule has 3 heteroatoms. The van der Waals surface area contributed by atoms with Gasteiger partial charge < -0.3 is 10.2 Å². The van der Waals surface area contributed by atoms with Crippen molar-refractivity contribution in [1.29, 1.82) is 0 Å². The Bertz CT molecular complexity index is 264. The molecule has 124 valence electrons. The fourth-order valence-electron chi connectivity index (χ4n) is 3.93. The molecule has 1 aliphatic carbocycles. The van der Waals surface area contributed by atoms with Crippen LogP contribution in [-0.2, 0) is 0 Å². The second-order valence-electron chi connectivity index (χ2n) is 7.68. The van der Waals surface area contributed by atoms with Crippen LogP contribution in [0.4, 0.5) is 0 Å². The lowest BCUT2D eigenvalue weighted by molar-refractivity contribution is 0.132. The topological polar surface area (TPSA) is 15.3 Å². The van der Waals surface area contributed by atoms with E-state index >= 15 is 0 Å². The van der Waals surface area contributed by atoms with E-state index in [1.54, 1.807) is 0 Å². The summed E-state index contributed by atoms with van der Waals surface area (Å²) in [6.45, 7) is 11.1. The minimum absolute atomic E-state index is 0.556. The quantitative estimate of drug-likeness (QED) is 0.746. The molecule has 1 N–H and O–H groups in total. The van der Waals surface area contributed by atoms with Crippen LogP contribution in [0.5, 0.6) is 0 Å².